The molecular formula is C17H18ClN5O2. The molecule has 0 aliphatic carbocycles. The van der Waals surface area contributed by atoms with Crippen molar-refractivity contribution in [1.82, 2.24) is 19.6 Å². The van der Waals surface area contributed by atoms with Crippen LogP contribution in [0.2, 0.25) is 5.02 Å². The summed E-state index contributed by atoms with van der Waals surface area (Å²) in [5.74, 6) is 0.428. The third kappa shape index (κ3) is 3.18. The minimum absolute atomic E-state index is 0.144. The molecule has 7 nitrogen and oxygen atoms in total. The van der Waals surface area contributed by atoms with E-state index in [4.69, 9.17) is 16.3 Å². The highest BCUT2D eigenvalue weighted by molar-refractivity contribution is 6.33. The molecule has 130 valence electrons. The Bertz CT molecular complexity index is 913. The zero-order valence-electron chi connectivity index (χ0n) is 13.7. The summed E-state index contributed by atoms with van der Waals surface area (Å²) in [7, 11) is 0. The molecule has 4 rings (SSSR count). The van der Waals surface area contributed by atoms with Crippen LogP contribution in [0.25, 0.3) is 16.8 Å². The summed E-state index contributed by atoms with van der Waals surface area (Å²) in [5, 5.41) is 18.0. The fourth-order valence-corrected chi connectivity index (χ4v) is 3.14. The van der Waals surface area contributed by atoms with Crippen molar-refractivity contribution in [1.29, 1.82) is 0 Å². The molecule has 0 amide bonds. The number of fused-ring (bicyclic) bond motifs is 1. The number of aliphatic hydroxyl groups is 1. The SMILES string of the molecule is Cc1ccc2c(-c3nc(NC4CCOCC4O)ncc3Cl)cnn2c1. The van der Waals surface area contributed by atoms with Gasteiger partial charge in [-0.1, -0.05) is 17.7 Å². The Morgan fingerprint density at radius 2 is 2.24 bits per heavy atom. The van der Waals surface area contributed by atoms with Gasteiger partial charge in [0, 0.05) is 18.4 Å². The van der Waals surface area contributed by atoms with Crippen molar-refractivity contribution in [3.8, 4) is 11.3 Å². The van der Waals surface area contributed by atoms with Crippen molar-refractivity contribution < 1.29 is 9.84 Å². The van der Waals surface area contributed by atoms with E-state index in [0.717, 1.165) is 16.6 Å². The maximum absolute atomic E-state index is 10.0. The number of aliphatic hydroxyl groups excluding tert-OH is 1. The maximum atomic E-state index is 10.0. The fraction of sp³-hybridized carbons (Fsp3) is 0.353. The summed E-state index contributed by atoms with van der Waals surface area (Å²) in [4.78, 5) is 8.79. The van der Waals surface area contributed by atoms with E-state index in [-0.39, 0.29) is 6.04 Å². The first-order valence-electron chi connectivity index (χ1n) is 8.11. The Hall–Kier alpha value is -2.22. The van der Waals surface area contributed by atoms with Gasteiger partial charge in [0.15, 0.2) is 0 Å². The van der Waals surface area contributed by atoms with E-state index >= 15 is 0 Å². The number of hydrogen-bond acceptors (Lipinski definition) is 6. The molecule has 0 bridgehead atoms. The first kappa shape index (κ1) is 16.3. The molecule has 2 unspecified atom stereocenters. The van der Waals surface area contributed by atoms with Gasteiger partial charge in [-0.2, -0.15) is 5.10 Å². The fourth-order valence-electron chi connectivity index (χ4n) is 2.95. The number of nitrogens with one attached hydrogen (secondary N) is 1. The van der Waals surface area contributed by atoms with Crippen LogP contribution in [0.1, 0.15) is 12.0 Å². The molecule has 2 atom stereocenters. The molecule has 4 heterocycles. The summed E-state index contributed by atoms with van der Waals surface area (Å²) in [5.41, 5.74) is 3.48. The van der Waals surface area contributed by atoms with Crippen molar-refractivity contribution in [3.05, 3.63) is 41.3 Å². The minimum Gasteiger partial charge on any atom is -0.389 e. The minimum atomic E-state index is -0.587. The van der Waals surface area contributed by atoms with Gasteiger partial charge in [-0.15, -0.1) is 0 Å². The molecule has 1 aliphatic rings. The van der Waals surface area contributed by atoms with E-state index in [1.54, 1.807) is 16.9 Å². The van der Waals surface area contributed by atoms with Crippen molar-refractivity contribution in [2.24, 2.45) is 0 Å². The van der Waals surface area contributed by atoms with Gasteiger partial charge in [0.1, 0.15) is 0 Å². The molecular weight excluding hydrogens is 342 g/mol. The lowest BCUT2D eigenvalue weighted by Crippen LogP contribution is -2.42. The van der Waals surface area contributed by atoms with Gasteiger partial charge in [0.2, 0.25) is 5.95 Å². The topological polar surface area (TPSA) is 84.6 Å². The summed E-state index contributed by atoms with van der Waals surface area (Å²) >= 11 is 6.33. The van der Waals surface area contributed by atoms with Gasteiger partial charge in [-0.3, -0.25) is 0 Å². The summed E-state index contributed by atoms with van der Waals surface area (Å²) in [6.07, 6.45) is 5.37. The van der Waals surface area contributed by atoms with Crippen molar-refractivity contribution in [2.75, 3.05) is 18.5 Å². The van der Waals surface area contributed by atoms with Gasteiger partial charge in [-0.05, 0) is 25.0 Å². The van der Waals surface area contributed by atoms with Gasteiger partial charge in [-0.25, -0.2) is 14.5 Å². The lowest BCUT2D eigenvalue weighted by atomic mass is 10.1. The van der Waals surface area contributed by atoms with Crippen LogP contribution >= 0.6 is 11.6 Å². The van der Waals surface area contributed by atoms with Crippen molar-refractivity contribution in [2.45, 2.75) is 25.5 Å². The lowest BCUT2D eigenvalue weighted by Gasteiger charge is -2.28. The Kier molecular flexibility index (Phi) is 4.29. The Morgan fingerprint density at radius 1 is 1.36 bits per heavy atom. The smallest absolute Gasteiger partial charge is 0.223 e. The second-order valence-corrected chi connectivity index (χ2v) is 6.57. The number of pyridine rings is 1. The molecule has 0 aromatic carbocycles. The van der Waals surface area contributed by atoms with Crippen LogP contribution in [0, 0.1) is 6.92 Å². The lowest BCUT2D eigenvalue weighted by molar-refractivity contribution is -0.0136. The molecule has 3 aromatic heterocycles. The molecule has 3 aromatic rings. The van der Waals surface area contributed by atoms with E-state index < -0.39 is 6.10 Å². The van der Waals surface area contributed by atoms with Gasteiger partial charge >= 0.3 is 0 Å². The second-order valence-electron chi connectivity index (χ2n) is 6.17. The summed E-state index contributed by atoms with van der Waals surface area (Å²) in [6.45, 7) is 2.92. The number of halogens is 1. The van der Waals surface area contributed by atoms with Gasteiger partial charge in [0.05, 0.1) is 47.4 Å². The largest absolute Gasteiger partial charge is 0.389 e. The van der Waals surface area contributed by atoms with E-state index in [2.05, 4.69) is 20.4 Å². The quantitative estimate of drug-likeness (QED) is 0.746. The third-order valence-corrected chi connectivity index (χ3v) is 4.58. The van der Waals surface area contributed by atoms with Gasteiger partial charge < -0.3 is 15.2 Å². The molecule has 0 radical (unpaired) electrons. The molecule has 2 N–H and O–H groups in total. The number of hydrogen-bond donors (Lipinski definition) is 2. The monoisotopic (exact) mass is 359 g/mol. The van der Waals surface area contributed by atoms with Crippen LogP contribution in [0.4, 0.5) is 5.95 Å². The Morgan fingerprint density at radius 3 is 3.08 bits per heavy atom. The average Bonchev–Trinajstić information content (AvgIpc) is 3.01. The van der Waals surface area contributed by atoms with Crippen LogP contribution in [0.5, 0.6) is 0 Å². The van der Waals surface area contributed by atoms with Gasteiger partial charge in [0.25, 0.3) is 0 Å². The first-order valence-corrected chi connectivity index (χ1v) is 8.49. The number of aryl methyl sites for hydroxylation is 1. The standard InChI is InChI=1S/C17H18ClN5O2/c1-10-2-3-14-11(6-20-23(14)8-10)16-12(18)7-19-17(22-16)21-13-4-5-25-9-15(13)24/h2-3,6-8,13,15,24H,4-5,9H2,1H3,(H,19,21,22). The zero-order chi connectivity index (χ0) is 17.4. The third-order valence-electron chi connectivity index (χ3n) is 4.30. The van der Waals surface area contributed by atoms with E-state index in [9.17, 15) is 5.11 Å². The van der Waals surface area contributed by atoms with Crippen LogP contribution < -0.4 is 5.32 Å². The highest BCUT2D eigenvalue weighted by Crippen LogP contribution is 2.30. The molecule has 1 aliphatic heterocycles. The predicted molar refractivity (Wildman–Crippen MR) is 94.8 cm³/mol. The summed E-state index contributed by atoms with van der Waals surface area (Å²) < 4.78 is 7.05. The van der Waals surface area contributed by atoms with Crippen LogP contribution in [0.15, 0.2) is 30.7 Å². The zero-order valence-corrected chi connectivity index (χ0v) is 14.4. The van der Waals surface area contributed by atoms with Crippen LogP contribution in [-0.2, 0) is 4.74 Å². The van der Waals surface area contributed by atoms with E-state index in [0.29, 0.717) is 36.3 Å². The molecule has 1 fully saturated rings. The second kappa shape index (κ2) is 6.59. The molecule has 8 heteroatoms. The molecule has 1 saturated heterocycles. The maximum Gasteiger partial charge on any atom is 0.223 e. The number of rotatable bonds is 3. The normalized spacial score (nSPS) is 20.8. The molecule has 0 saturated carbocycles. The predicted octanol–water partition coefficient (Wildman–Crippen LogP) is 2.31. The molecule has 25 heavy (non-hydrogen) atoms. The Labute approximate surface area is 149 Å². The highest BCUT2D eigenvalue weighted by Gasteiger charge is 2.24. The number of nitrogens with zero attached hydrogens (tertiary/aromatic N) is 4. The van der Waals surface area contributed by atoms with E-state index in [1.165, 1.54) is 0 Å². The van der Waals surface area contributed by atoms with Crippen molar-refractivity contribution in [3.63, 3.8) is 0 Å². The van der Waals surface area contributed by atoms with Crippen molar-refractivity contribution >= 4 is 23.1 Å². The average molecular weight is 360 g/mol. The van der Waals surface area contributed by atoms with Crippen LogP contribution in [0.3, 0.4) is 0 Å². The summed E-state index contributed by atoms with van der Waals surface area (Å²) in [6, 6.07) is 3.87. The first-order chi connectivity index (χ1) is 12.1. The number of aromatic nitrogens is 4. The highest BCUT2D eigenvalue weighted by atomic mass is 35.5. The van der Waals surface area contributed by atoms with Crippen LogP contribution in [-0.4, -0.2) is 50.0 Å². The Balaban J connectivity index is 1.69. The molecule has 0 spiro atoms. The number of ether oxygens (including phenoxy) is 1. The van der Waals surface area contributed by atoms with E-state index in [1.807, 2.05) is 25.3 Å². The number of anilines is 1.